The molecule has 1 aliphatic rings. The van der Waals surface area contributed by atoms with Gasteiger partial charge in [0.25, 0.3) is 0 Å². The van der Waals surface area contributed by atoms with Crippen LogP contribution >= 0.6 is 0 Å². The molecule has 132 valence electrons. The lowest BCUT2D eigenvalue weighted by Crippen LogP contribution is -2.53. The van der Waals surface area contributed by atoms with Crippen molar-refractivity contribution < 1.29 is 23.8 Å². The molecule has 0 unspecified atom stereocenters. The maximum atomic E-state index is 12.5. The third-order valence-corrected chi connectivity index (χ3v) is 4.15. The number of esters is 2. The fourth-order valence-corrected chi connectivity index (χ4v) is 3.07. The van der Waals surface area contributed by atoms with Gasteiger partial charge in [-0.1, -0.05) is 0 Å². The first-order valence-corrected chi connectivity index (χ1v) is 8.36. The number of piperidine rings is 1. The minimum absolute atomic E-state index is 0.279. The highest BCUT2D eigenvalue weighted by Gasteiger charge is 2.42. The van der Waals surface area contributed by atoms with E-state index in [4.69, 9.17) is 14.2 Å². The molecule has 0 aromatic heterocycles. The Morgan fingerprint density at radius 2 is 1.71 bits per heavy atom. The zero-order chi connectivity index (χ0) is 17.5. The summed E-state index contributed by atoms with van der Waals surface area (Å²) in [5, 5.41) is 0. The van der Waals surface area contributed by atoms with Gasteiger partial charge in [0.15, 0.2) is 0 Å². The first-order chi connectivity index (χ1) is 11.6. The Hall–Kier alpha value is -2.24. The second kappa shape index (κ2) is 8.57. The lowest BCUT2D eigenvalue weighted by Gasteiger charge is -2.40. The maximum absolute atomic E-state index is 12.5. The number of methoxy groups -OCH3 is 1. The van der Waals surface area contributed by atoms with E-state index >= 15 is 0 Å². The number of ether oxygens (including phenoxy) is 3. The summed E-state index contributed by atoms with van der Waals surface area (Å²) in [6, 6.07) is 6.79. The largest absolute Gasteiger partial charge is 0.497 e. The second-order valence-corrected chi connectivity index (χ2v) is 5.59. The smallest absolute Gasteiger partial charge is 0.329 e. The van der Waals surface area contributed by atoms with Crippen molar-refractivity contribution in [3.63, 3.8) is 0 Å². The van der Waals surface area contributed by atoms with Gasteiger partial charge in [-0.2, -0.15) is 0 Å². The molecule has 1 heterocycles. The summed E-state index contributed by atoms with van der Waals surface area (Å²) in [7, 11) is 1.61. The summed E-state index contributed by atoms with van der Waals surface area (Å²) in [6.45, 7) is 4.79. The Bertz CT molecular complexity index is 557. The van der Waals surface area contributed by atoms with Gasteiger partial charge in [0, 0.05) is 12.2 Å². The fourth-order valence-electron chi connectivity index (χ4n) is 3.07. The molecule has 0 amide bonds. The van der Waals surface area contributed by atoms with Crippen molar-refractivity contribution >= 4 is 17.6 Å². The van der Waals surface area contributed by atoms with Crippen LogP contribution in [0.15, 0.2) is 24.3 Å². The van der Waals surface area contributed by atoms with E-state index in [2.05, 4.69) is 0 Å². The normalized spacial score (nSPS) is 20.4. The molecule has 0 aliphatic carbocycles. The van der Waals surface area contributed by atoms with Gasteiger partial charge in [0.1, 0.15) is 11.8 Å². The van der Waals surface area contributed by atoms with Crippen molar-refractivity contribution in [2.45, 2.75) is 32.7 Å². The number of nitrogens with zero attached hydrogens (tertiary/aromatic N) is 1. The van der Waals surface area contributed by atoms with E-state index in [1.165, 1.54) is 0 Å². The van der Waals surface area contributed by atoms with Crippen LogP contribution in [0.5, 0.6) is 5.75 Å². The van der Waals surface area contributed by atoms with E-state index in [9.17, 15) is 9.59 Å². The number of rotatable bonds is 6. The third kappa shape index (κ3) is 3.99. The second-order valence-electron chi connectivity index (χ2n) is 5.59. The van der Waals surface area contributed by atoms with Gasteiger partial charge < -0.3 is 19.1 Å². The summed E-state index contributed by atoms with van der Waals surface area (Å²) < 4.78 is 15.6. The summed E-state index contributed by atoms with van der Waals surface area (Å²) in [5.41, 5.74) is 0.864. The SMILES string of the molecule is CCOC(=O)[C@@H]1[C@H](C(=O)OCC)CCCN1c1ccc(OC)cc1. The molecule has 0 N–H and O–H groups in total. The molecule has 0 spiro atoms. The van der Waals surface area contributed by atoms with Crippen LogP contribution < -0.4 is 9.64 Å². The number of anilines is 1. The third-order valence-electron chi connectivity index (χ3n) is 4.15. The lowest BCUT2D eigenvalue weighted by molar-refractivity contribution is -0.157. The van der Waals surface area contributed by atoms with Crippen molar-refractivity contribution in [3.05, 3.63) is 24.3 Å². The monoisotopic (exact) mass is 335 g/mol. The zero-order valence-electron chi connectivity index (χ0n) is 14.5. The molecule has 0 bridgehead atoms. The average molecular weight is 335 g/mol. The number of carbonyl (C=O) groups excluding carboxylic acids is 2. The van der Waals surface area contributed by atoms with Crippen molar-refractivity contribution in [1.29, 1.82) is 0 Å². The van der Waals surface area contributed by atoms with Crippen LogP contribution in [0.1, 0.15) is 26.7 Å². The molecule has 2 atom stereocenters. The number of carbonyl (C=O) groups is 2. The van der Waals surface area contributed by atoms with E-state index in [1.54, 1.807) is 21.0 Å². The fraction of sp³-hybridized carbons (Fsp3) is 0.556. The first-order valence-electron chi connectivity index (χ1n) is 8.36. The molecular formula is C18H25NO5. The highest BCUT2D eigenvalue weighted by molar-refractivity contribution is 5.88. The zero-order valence-corrected chi connectivity index (χ0v) is 14.5. The average Bonchev–Trinajstić information content (AvgIpc) is 2.61. The van der Waals surface area contributed by atoms with Crippen molar-refractivity contribution in [2.24, 2.45) is 5.92 Å². The minimum Gasteiger partial charge on any atom is -0.497 e. The molecule has 2 rings (SSSR count). The van der Waals surface area contributed by atoms with Crippen LogP contribution in [0.4, 0.5) is 5.69 Å². The molecule has 24 heavy (non-hydrogen) atoms. The van der Waals surface area contributed by atoms with Crippen molar-refractivity contribution in [3.8, 4) is 5.75 Å². The summed E-state index contributed by atoms with van der Waals surface area (Å²) >= 11 is 0. The maximum Gasteiger partial charge on any atom is 0.329 e. The molecule has 0 radical (unpaired) electrons. The minimum atomic E-state index is -0.661. The molecular weight excluding hydrogens is 310 g/mol. The Morgan fingerprint density at radius 3 is 2.29 bits per heavy atom. The van der Waals surface area contributed by atoms with Gasteiger partial charge in [-0.25, -0.2) is 4.79 Å². The molecule has 0 saturated carbocycles. The van der Waals surface area contributed by atoms with Crippen LogP contribution in [-0.4, -0.2) is 44.8 Å². The van der Waals surface area contributed by atoms with Gasteiger partial charge in [-0.15, -0.1) is 0 Å². The standard InChI is InChI=1S/C18H25NO5/c1-4-23-17(20)15-7-6-12-19(16(15)18(21)24-5-2)13-8-10-14(22-3)11-9-13/h8-11,15-16H,4-7,12H2,1-3H3/t15-,16+/m1/s1. The Kier molecular flexibility index (Phi) is 6.46. The van der Waals surface area contributed by atoms with Crippen LogP contribution in [-0.2, 0) is 19.1 Å². The molecule has 1 aromatic rings. The number of hydrogen-bond acceptors (Lipinski definition) is 6. The van der Waals surface area contributed by atoms with E-state index in [0.29, 0.717) is 19.6 Å². The van der Waals surface area contributed by atoms with E-state index in [-0.39, 0.29) is 18.5 Å². The highest BCUT2D eigenvalue weighted by Crippen LogP contribution is 2.31. The Balaban J connectivity index is 2.31. The predicted molar refractivity (Wildman–Crippen MR) is 90.1 cm³/mol. The molecule has 6 nitrogen and oxygen atoms in total. The number of hydrogen-bond donors (Lipinski definition) is 0. The van der Waals surface area contributed by atoms with Crippen LogP contribution in [0.25, 0.3) is 0 Å². The molecule has 1 saturated heterocycles. The topological polar surface area (TPSA) is 65.1 Å². The van der Waals surface area contributed by atoms with Gasteiger partial charge >= 0.3 is 11.9 Å². The van der Waals surface area contributed by atoms with Gasteiger partial charge in [0.05, 0.1) is 26.2 Å². The Labute approximate surface area is 142 Å². The van der Waals surface area contributed by atoms with E-state index in [1.807, 2.05) is 29.2 Å². The van der Waals surface area contributed by atoms with Gasteiger partial charge in [0.2, 0.25) is 0 Å². The molecule has 1 aliphatic heterocycles. The molecule has 1 fully saturated rings. The van der Waals surface area contributed by atoms with Crippen LogP contribution in [0.3, 0.4) is 0 Å². The van der Waals surface area contributed by atoms with E-state index in [0.717, 1.165) is 17.9 Å². The van der Waals surface area contributed by atoms with Gasteiger partial charge in [-0.05, 0) is 51.0 Å². The van der Waals surface area contributed by atoms with Crippen LogP contribution in [0, 0.1) is 5.92 Å². The van der Waals surface area contributed by atoms with Crippen molar-refractivity contribution in [2.75, 3.05) is 31.8 Å². The van der Waals surface area contributed by atoms with E-state index < -0.39 is 12.0 Å². The lowest BCUT2D eigenvalue weighted by atomic mass is 9.88. The molecule has 1 aromatic carbocycles. The first kappa shape index (κ1) is 18.1. The molecule has 6 heteroatoms. The summed E-state index contributed by atoms with van der Waals surface area (Å²) in [4.78, 5) is 26.8. The summed E-state index contributed by atoms with van der Waals surface area (Å²) in [5.74, 6) is -0.495. The quantitative estimate of drug-likeness (QED) is 0.744. The van der Waals surface area contributed by atoms with Gasteiger partial charge in [-0.3, -0.25) is 4.79 Å². The predicted octanol–water partition coefficient (Wildman–Crippen LogP) is 2.41. The highest BCUT2D eigenvalue weighted by atomic mass is 16.5. The number of benzene rings is 1. The van der Waals surface area contributed by atoms with Crippen LogP contribution in [0.2, 0.25) is 0 Å². The van der Waals surface area contributed by atoms with Crippen molar-refractivity contribution in [1.82, 2.24) is 0 Å². The summed E-state index contributed by atoms with van der Waals surface area (Å²) in [6.07, 6.45) is 1.43. The Morgan fingerprint density at radius 1 is 1.08 bits per heavy atom.